The third-order valence-electron chi connectivity index (χ3n) is 6.69. The van der Waals surface area contributed by atoms with Gasteiger partial charge in [-0.3, -0.25) is 9.59 Å². The third kappa shape index (κ3) is 3.48. The first kappa shape index (κ1) is 21.2. The van der Waals surface area contributed by atoms with Crippen LogP contribution in [-0.4, -0.2) is 42.7 Å². The number of fused-ring (bicyclic) bond motifs is 3. The summed E-state index contributed by atoms with van der Waals surface area (Å²) in [5, 5.41) is 0. The van der Waals surface area contributed by atoms with Gasteiger partial charge in [-0.25, -0.2) is 9.59 Å². The Morgan fingerprint density at radius 1 is 1.15 bits per heavy atom. The molecule has 0 amide bonds. The van der Waals surface area contributed by atoms with Gasteiger partial charge in [-0.05, 0) is 25.5 Å². The summed E-state index contributed by atoms with van der Waals surface area (Å²) in [7, 11) is 0. The molecule has 0 N–H and O–H groups in total. The molecule has 2 saturated carbocycles. The van der Waals surface area contributed by atoms with Crippen molar-refractivity contribution in [3.63, 3.8) is 0 Å². The fraction of sp³-hybridized carbons (Fsp3) is 0.417. The second-order valence-corrected chi connectivity index (χ2v) is 8.79. The normalized spacial score (nSPS) is 29.2. The van der Waals surface area contributed by atoms with Crippen LogP contribution < -0.4 is 4.74 Å². The van der Waals surface area contributed by atoms with E-state index in [1.807, 2.05) is 0 Å². The highest BCUT2D eigenvalue weighted by Gasteiger charge is 2.70. The number of ether oxygens (including phenoxy) is 4. The summed E-state index contributed by atoms with van der Waals surface area (Å²) in [6.07, 6.45) is -0.639. The maximum atomic E-state index is 12.9. The van der Waals surface area contributed by atoms with Crippen molar-refractivity contribution in [2.75, 3.05) is 6.61 Å². The molecule has 2 aromatic rings. The molecule has 0 aromatic carbocycles. The van der Waals surface area contributed by atoms with Gasteiger partial charge in [0.25, 0.3) is 0 Å². The first-order chi connectivity index (χ1) is 15.7. The largest absolute Gasteiger partial charge is 0.465 e. The Balaban J connectivity index is 1.17. The lowest BCUT2D eigenvalue weighted by Gasteiger charge is -2.30. The van der Waals surface area contributed by atoms with E-state index in [-0.39, 0.29) is 36.0 Å². The first-order valence-corrected chi connectivity index (χ1v) is 10.7. The summed E-state index contributed by atoms with van der Waals surface area (Å²) in [6, 6.07) is 5.04. The SMILES string of the molecule is C=C(C)C(=O)OC1C2CC3C1OC(=O)C3C2C(=O)OCCC(=C)C(=O)Oc1cc2ccc1o2. The minimum atomic E-state index is -0.763. The van der Waals surface area contributed by atoms with Crippen molar-refractivity contribution < 1.29 is 42.5 Å². The van der Waals surface area contributed by atoms with Crippen molar-refractivity contribution in [3.8, 4) is 5.75 Å². The number of esters is 4. The number of rotatable bonds is 8. The molecule has 1 aliphatic heterocycles. The quantitative estimate of drug-likeness (QED) is 0.257. The van der Waals surface area contributed by atoms with Crippen molar-refractivity contribution in [1.82, 2.24) is 0 Å². The van der Waals surface area contributed by atoms with Crippen molar-refractivity contribution in [1.29, 1.82) is 0 Å². The second-order valence-electron chi connectivity index (χ2n) is 8.79. The smallest absolute Gasteiger partial charge is 0.339 e. The highest BCUT2D eigenvalue weighted by atomic mass is 16.6. The molecule has 2 aliphatic carbocycles. The number of carbonyl (C=O) groups is 4. The van der Waals surface area contributed by atoms with E-state index in [0.717, 1.165) is 0 Å². The molecule has 3 fully saturated rings. The predicted molar refractivity (Wildman–Crippen MR) is 111 cm³/mol. The summed E-state index contributed by atoms with van der Waals surface area (Å²) in [5.74, 6) is -3.90. The Labute approximate surface area is 188 Å². The lowest BCUT2D eigenvalue weighted by atomic mass is 9.78. The van der Waals surface area contributed by atoms with E-state index < -0.39 is 47.9 Å². The highest BCUT2D eigenvalue weighted by molar-refractivity contribution is 5.91. The van der Waals surface area contributed by atoms with Gasteiger partial charge in [-0.1, -0.05) is 13.2 Å². The lowest BCUT2D eigenvalue weighted by molar-refractivity contribution is -0.162. The second kappa shape index (κ2) is 7.75. The zero-order valence-electron chi connectivity index (χ0n) is 17.9. The molecule has 0 spiro atoms. The molecule has 2 aromatic heterocycles. The number of benzene rings is 1. The van der Waals surface area contributed by atoms with Crippen molar-refractivity contribution in [2.45, 2.75) is 32.0 Å². The molecule has 172 valence electrons. The number of carbonyl (C=O) groups excluding carboxylic acids is 4. The average molecular weight is 454 g/mol. The van der Waals surface area contributed by atoms with Crippen LogP contribution in [0.4, 0.5) is 0 Å². The summed E-state index contributed by atoms with van der Waals surface area (Å²) < 4.78 is 26.9. The summed E-state index contributed by atoms with van der Waals surface area (Å²) in [6.45, 7) is 8.68. The van der Waals surface area contributed by atoms with Gasteiger partial charge in [0.05, 0.1) is 18.4 Å². The molecule has 9 heteroatoms. The zero-order chi connectivity index (χ0) is 23.4. The van der Waals surface area contributed by atoms with Gasteiger partial charge in [0.1, 0.15) is 17.8 Å². The van der Waals surface area contributed by atoms with Gasteiger partial charge in [0.15, 0.2) is 11.3 Å². The van der Waals surface area contributed by atoms with Crippen LogP contribution in [0.15, 0.2) is 46.9 Å². The molecular formula is C24H22O9. The summed E-state index contributed by atoms with van der Waals surface area (Å²) >= 11 is 0. The zero-order valence-corrected chi connectivity index (χ0v) is 17.9. The van der Waals surface area contributed by atoms with Gasteiger partial charge < -0.3 is 23.4 Å². The molecule has 5 rings (SSSR count). The molecule has 6 unspecified atom stereocenters. The molecule has 33 heavy (non-hydrogen) atoms. The van der Waals surface area contributed by atoms with Gasteiger partial charge in [0, 0.05) is 35.5 Å². The van der Waals surface area contributed by atoms with E-state index >= 15 is 0 Å². The molecule has 9 nitrogen and oxygen atoms in total. The van der Waals surface area contributed by atoms with Crippen molar-refractivity contribution in [2.24, 2.45) is 23.7 Å². The van der Waals surface area contributed by atoms with Crippen LogP contribution in [0, 0.1) is 23.7 Å². The van der Waals surface area contributed by atoms with E-state index in [2.05, 4.69) is 13.2 Å². The van der Waals surface area contributed by atoms with Crippen molar-refractivity contribution >= 4 is 35.0 Å². The van der Waals surface area contributed by atoms with Gasteiger partial charge in [-0.2, -0.15) is 0 Å². The molecule has 0 radical (unpaired) electrons. The molecule has 1 saturated heterocycles. The van der Waals surface area contributed by atoms with Gasteiger partial charge in [0.2, 0.25) is 0 Å². The van der Waals surface area contributed by atoms with Crippen LogP contribution in [0.2, 0.25) is 0 Å². The van der Waals surface area contributed by atoms with E-state index in [9.17, 15) is 19.2 Å². The Morgan fingerprint density at radius 2 is 1.94 bits per heavy atom. The Kier molecular flexibility index (Phi) is 4.99. The maximum absolute atomic E-state index is 12.9. The number of furan rings is 2. The fourth-order valence-corrected chi connectivity index (χ4v) is 5.18. The van der Waals surface area contributed by atoms with Crippen LogP contribution in [0.3, 0.4) is 0 Å². The number of hydrogen-bond donors (Lipinski definition) is 0. The monoisotopic (exact) mass is 454 g/mol. The van der Waals surface area contributed by atoms with E-state index in [0.29, 0.717) is 23.3 Å². The molecule has 4 bridgehead atoms. The van der Waals surface area contributed by atoms with E-state index in [1.54, 1.807) is 18.2 Å². The third-order valence-corrected chi connectivity index (χ3v) is 6.69. The predicted octanol–water partition coefficient (Wildman–Crippen LogP) is 2.56. The minimum Gasteiger partial charge on any atom is -0.465 e. The topological polar surface area (TPSA) is 118 Å². The average Bonchev–Trinajstić information content (AvgIpc) is 3.55. The lowest BCUT2D eigenvalue weighted by Crippen LogP contribution is -2.43. The van der Waals surface area contributed by atoms with Crippen LogP contribution in [-0.2, 0) is 33.4 Å². The molecule has 3 heterocycles. The molecule has 6 atom stereocenters. The van der Waals surface area contributed by atoms with Crippen LogP contribution >= 0.6 is 0 Å². The number of hydrogen-bond acceptors (Lipinski definition) is 9. The molecule has 3 aliphatic rings. The van der Waals surface area contributed by atoms with Crippen molar-refractivity contribution in [3.05, 3.63) is 42.5 Å². The highest BCUT2D eigenvalue weighted by Crippen LogP contribution is 2.59. The minimum absolute atomic E-state index is 0.0626. The fourth-order valence-electron chi connectivity index (χ4n) is 5.18. The Hall–Kier alpha value is -3.62. The van der Waals surface area contributed by atoms with E-state index in [1.165, 1.54) is 6.92 Å². The molecular weight excluding hydrogens is 432 g/mol. The van der Waals surface area contributed by atoms with Crippen LogP contribution in [0.5, 0.6) is 5.75 Å². The first-order valence-electron chi connectivity index (χ1n) is 10.7. The van der Waals surface area contributed by atoms with Gasteiger partial charge in [-0.15, -0.1) is 0 Å². The van der Waals surface area contributed by atoms with Crippen LogP contribution in [0.25, 0.3) is 11.2 Å². The standard InChI is InChI=1S/C24H22O9/c1-10(2)21(25)32-19-13-9-14-18(24(28)33-20(14)19)17(13)23(27)29-7-6-11(3)22(26)31-16-8-12-4-5-15(16)30-12/h4-5,8,13-14,17-20H,1,3,6-7,9H2,2H3. The summed E-state index contributed by atoms with van der Waals surface area (Å²) in [4.78, 5) is 49.5. The van der Waals surface area contributed by atoms with E-state index in [4.69, 9.17) is 23.4 Å². The Bertz CT molecular complexity index is 1170. The van der Waals surface area contributed by atoms with Crippen LogP contribution in [0.1, 0.15) is 19.8 Å². The van der Waals surface area contributed by atoms with Gasteiger partial charge >= 0.3 is 23.9 Å². The Morgan fingerprint density at radius 3 is 2.61 bits per heavy atom. The maximum Gasteiger partial charge on any atom is 0.339 e. The summed E-state index contributed by atoms with van der Waals surface area (Å²) in [5.41, 5.74) is 1.40.